The number of hydrogen-bond acceptors (Lipinski definition) is 4. The summed E-state index contributed by atoms with van der Waals surface area (Å²) >= 11 is 0. The second-order valence-corrected chi connectivity index (χ2v) is 5.25. The Balaban J connectivity index is 0.00000243. The SMILES string of the molecule is COc1ccc2c(Nc3cccc(C(F)(F)F)c3)c(C#N)cnc2c1.Cl. The fourth-order valence-corrected chi connectivity index (χ4v) is 2.44. The lowest BCUT2D eigenvalue weighted by atomic mass is 10.1. The van der Waals surface area contributed by atoms with Crippen LogP contribution in [0.3, 0.4) is 0 Å². The van der Waals surface area contributed by atoms with Crippen molar-refractivity contribution in [3.8, 4) is 11.8 Å². The highest BCUT2D eigenvalue weighted by molar-refractivity contribution is 5.96. The molecule has 0 unspecified atom stereocenters. The minimum Gasteiger partial charge on any atom is -0.497 e. The molecule has 0 saturated carbocycles. The molecule has 26 heavy (non-hydrogen) atoms. The number of rotatable bonds is 3. The fourth-order valence-electron chi connectivity index (χ4n) is 2.44. The second-order valence-electron chi connectivity index (χ2n) is 5.25. The van der Waals surface area contributed by atoms with Gasteiger partial charge in [-0.25, -0.2) is 0 Å². The van der Waals surface area contributed by atoms with E-state index < -0.39 is 11.7 Å². The van der Waals surface area contributed by atoms with Crippen LogP contribution in [0.15, 0.2) is 48.7 Å². The maximum atomic E-state index is 12.9. The Morgan fingerprint density at radius 1 is 1.15 bits per heavy atom. The number of benzene rings is 2. The number of nitrogens with zero attached hydrogens (tertiary/aromatic N) is 2. The van der Waals surface area contributed by atoms with E-state index in [1.807, 2.05) is 6.07 Å². The van der Waals surface area contributed by atoms with Crippen molar-refractivity contribution < 1.29 is 17.9 Å². The third-order valence-corrected chi connectivity index (χ3v) is 3.66. The van der Waals surface area contributed by atoms with Gasteiger partial charge in [-0.15, -0.1) is 12.4 Å². The van der Waals surface area contributed by atoms with Gasteiger partial charge >= 0.3 is 6.18 Å². The maximum absolute atomic E-state index is 12.9. The van der Waals surface area contributed by atoms with Crippen molar-refractivity contribution in [1.29, 1.82) is 5.26 Å². The highest BCUT2D eigenvalue weighted by atomic mass is 35.5. The van der Waals surface area contributed by atoms with E-state index in [9.17, 15) is 18.4 Å². The summed E-state index contributed by atoms with van der Waals surface area (Å²) in [6.45, 7) is 0. The molecular formula is C18H13ClF3N3O. The van der Waals surface area contributed by atoms with Crippen LogP contribution in [0.1, 0.15) is 11.1 Å². The molecule has 0 aliphatic heterocycles. The van der Waals surface area contributed by atoms with Crippen LogP contribution in [0.25, 0.3) is 10.9 Å². The van der Waals surface area contributed by atoms with Crippen LogP contribution in [-0.4, -0.2) is 12.1 Å². The highest BCUT2D eigenvalue weighted by Crippen LogP contribution is 2.34. The van der Waals surface area contributed by atoms with Crippen molar-refractivity contribution in [3.63, 3.8) is 0 Å². The molecule has 1 aromatic heterocycles. The molecule has 0 bridgehead atoms. The van der Waals surface area contributed by atoms with Gasteiger partial charge in [-0.05, 0) is 30.3 Å². The molecule has 0 aliphatic carbocycles. The van der Waals surface area contributed by atoms with E-state index in [-0.39, 0.29) is 23.7 Å². The van der Waals surface area contributed by atoms with Crippen molar-refractivity contribution in [2.24, 2.45) is 0 Å². The Labute approximate surface area is 153 Å². The molecule has 1 N–H and O–H groups in total. The van der Waals surface area contributed by atoms with Crippen LogP contribution in [0.4, 0.5) is 24.5 Å². The van der Waals surface area contributed by atoms with Crippen molar-refractivity contribution in [2.45, 2.75) is 6.18 Å². The summed E-state index contributed by atoms with van der Waals surface area (Å²) in [6.07, 6.45) is -3.07. The third kappa shape index (κ3) is 3.81. The summed E-state index contributed by atoms with van der Waals surface area (Å²) in [7, 11) is 1.52. The van der Waals surface area contributed by atoms with Gasteiger partial charge in [-0.3, -0.25) is 4.98 Å². The summed E-state index contributed by atoms with van der Waals surface area (Å²) < 4.78 is 43.8. The lowest BCUT2D eigenvalue weighted by Crippen LogP contribution is -2.05. The van der Waals surface area contributed by atoms with E-state index in [2.05, 4.69) is 10.3 Å². The van der Waals surface area contributed by atoms with Crippen molar-refractivity contribution in [1.82, 2.24) is 4.98 Å². The van der Waals surface area contributed by atoms with E-state index >= 15 is 0 Å². The Hall–Kier alpha value is -2.98. The highest BCUT2D eigenvalue weighted by Gasteiger charge is 2.30. The van der Waals surface area contributed by atoms with E-state index in [0.29, 0.717) is 22.3 Å². The van der Waals surface area contributed by atoms with Crippen LogP contribution < -0.4 is 10.1 Å². The molecule has 3 rings (SSSR count). The first-order valence-corrected chi connectivity index (χ1v) is 7.23. The standard InChI is InChI=1S/C18H12F3N3O.ClH/c1-25-14-5-6-15-16(8-14)23-10-11(9-22)17(15)24-13-4-2-3-12(7-13)18(19,20)21;/h2-8,10H,1H3,(H,23,24);1H. The molecule has 8 heteroatoms. The van der Waals surface area contributed by atoms with E-state index in [0.717, 1.165) is 12.1 Å². The molecule has 134 valence electrons. The van der Waals surface area contributed by atoms with Gasteiger partial charge in [-0.2, -0.15) is 18.4 Å². The zero-order valence-electron chi connectivity index (χ0n) is 13.5. The first kappa shape index (κ1) is 19.3. The summed E-state index contributed by atoms with van der Waals surface area (Å²) in [5.74, 6) is 0.592. The molecule has 2 aromatic carbocycles. The fraction of sp³-hybridized carbons (Fsp3) is 0.111. The average Bonchev–Trinajstić information content (AvgIpc) is 2.61. The molecule has 3 aromatic rings. The minimum atomic E-state index is -4.44. The Morgan fingerprint density at radius 2 is 1.92 bits per heavy atom. The van der Waals surface area contributed by atoms with Gasteiger partial charge in [0.2, 0.25) is 0 Å². The zero-order valence-corrected chi connectivity index (χ0v) is 14.3. The van der Waals surface area contributed by atoms with Crippen LogP contribution >= 0.6 is 12.4 Å². The molecule has 0 fully saturated rings. The molecule has 0 atom stereocenters. The zero-order chi connectivity index (χ0) is 18.0. The van der Waals surface area contributed by atoms with Gasteiger partial charge in [-0.1, -0.05) is 6.07 Å². The number of fused-ring (bicyclic) bond motifs is 1. The van der Waals surface area contributed by atoms with Gasteiger partial charge in [0.1, 0.15) is 11.8 Å². The number of methoxy groups -OCH3 is 1. The van der Waals surface area contributed by atoms with E-state index in [1.165, 1.54) is 25.4 Å². The first-order valence-electron chi connectivity index (χ1n) is 7.23. The Kier molecular flexibility index (Phi) is 5.58. The Bertz CT molecular complexity index is 984. The lowest BCUT2D eigenvalue weighted by Gasteiger charge is -2.14. The van der Waals surface area contributed by atoms with Crippen molar-refractivity contribution >= 4 is 34.7 Å². The summed E-state index contributed by atoms with van der Waals surface area (Å²) in [6, 6.07) is 11.9. The van der Waals surface area contributed by atoms with Gasteiger partial charge in [0.15, 0.2) is 0 Å². The summed E-state index contributed by atoms with van der Waals surface area (Å²) in [4.78, 5) is 4.20. The van der Waals surface area contributed by atoms with Gasteiger partial charge in [0.25, 0.3) is 0 Å². The minimum absolute atomic E-state index is 0. The normalized spacial score (nSPS) is 10.7. The van der Waals surface area contributed by atoms with Gasteiger partial charge in [0, 0.05) is 23.3 Å². The third-order valence-electron chi connectivity index (χ3n) is 3.66. The monoisotopic (exact) mass is 379 g/mol. The summed E-state index contributed by atoms with van der Waals surface area (Å²) in [5.41, 5.74) is 0.656. The predicted octanol–water partition coefficient (Wildman–Crippen LogP) is 5.30. The van der Waals surface area contributed by atoms with Crippen LogP contribution in [0, 0.1) is 11.3 Å². The quantitative estimate of drug-likeness (QED) is 0.671. The first-order chi connectivity index (χ1) is 11.9. The van der Waals surface area contributed by atoms with E-state index in [4.69, 9.17) is 4.74 Å². The van der Waals surface area contributed by atoms with Crippen LogP contribution in [-0.2, 0) is 6.18 Å². The molecule has 0 aliphatic rings. The molecule has 1 heterocycles. The number of nitriles is 1. The molecular weight excluding hydrogens is 367 g/mol. The summed E-state index contributed by atoms with van der Waals surface area (Å²) in [5, 5.41) is 12.8. The van der Waals surface area contributed by atoms with Crippen molar-refractivity contribution in [2.75, 3.05) is 12.4 Å². The molecule has 0 amide bonds. The number of ether oxygens (including phenoxy) is 1. The average molecular weight is 380 g/mol. The predicted molar refractivity (Wildman–Crippen MR) is 95.0 cm³/mol. The number of aromatic nitrogens is 1. The number of alkyl halides is 3. The lowest BCUT2D eigenvalue weighted by molar-refractivity contribution is -0.137. The van der Waals surface area contributed by atoms with Gasteiger partial charge < -0.3 is 10.1 Å². The van der Waals surface area contributed by atoms with Crippen molar-refractivity contribution in [3.05, 3.63) is 59.8 Å². The second kappa shape index (κ2) is 7.50. The van der Waals surface area contributed by atoms with Crippen LogP contribution in [0.5, 0.6) is 5.75 Å². The Morgan fingerprint density at radius 3 is 2.58 bits per heavy atom. The topological polar surface area (TPSA) is 57.9 Å². The largest absolute Gasteiger partial charge is 0.497 e. The van der Waals surface area contributed by atoms with Gasteiger partial charge in [0.05, 0.1) is 29.4 Å². The number of nitrogens with one attached hydrogen (secondary N) is 1. The van der Waals surface area contributed by atoms with E-state index in [1.54, 1.807) is 18.2 Å². The number of halogens is 4. The molecule has 4 nitrogen and oxygen atoms in total. The number of anilines is 2. The molecule has 0 saturated heterocycles. The smallest absolute Gasteiger partial charge is 0.416 e. The number of pyridine rings is 1. The molecule has 0 radical (unpaired) electrons. The molecule has 0 spiro atoms. The van der Waals surface area contributed by atoms with Crippen LogP contribution in [0.2, 0.25) is 0 Å². The maximum Gasteiger partial charge on any atom is 0.416 e. The number of hydrogen-bond donors (Lipinski definition) is 1.